The van der Waals surface area contributed by atoms with Crippen molar-refractivity contribution in [1.82, 2.24) is 5.32 Å². The van der Waals surface area contributed by atoms with Crippen LogP contribution < -0.4 is 5.32 Å². The van der Waals surface area contributed by atoms with Crippen molar-refractivity contribution >= 4 is 20.5 Å². The third-order valence-corrected chi connectivity index (χ3v) is 1.70. The molecule has 0 aromatic heterocycles. The largest absolute Gasteiger partial charge is 0.381 e. The van der Waals surface area contributed by atoms with Gasteiger partial charge in [-0.25, -0.2) is 0 Å². The fourth-order valence-corrected chi connectivity index (χ4v) is 1.05. The number of hydrogen-bond donors (Lipinski definition) is 2. The zero-order chi connectivity index (χ0) is 8.69. The predicted octanol–water partition coefficient (Wildman–Crippen LogP) is 0.425. The maximum atomic E-state index is 5.48. The van der Waals surface area contributed by atoms with Crippen molar-refractivity contribution in [3.63, 3.8) is 0 Å². The minimum absolute atomic E-state index is 0.143. The summed E-state index contributed by atoms with van der Waals surface area (Å²) in [4.78, 5) is 0. The highest BCUT2D eigenvalue weighted by atomic mass is 32.1. The first-order valence-electron chi connectivity index (χ1n) is 4.05. The molecule has 1 heterocycles. The van der Waals surface area contributed by atoms with Gasteiger partial charge < -0.3 is 10.1 Å². The van der Waals surface area contributed by atoms with E-state index in [4.69, 9.17) is 12.6 Å². The molecule has 1 N–H and O–H groups in total. The van der Waals surface area contributed by atoms with Crippen molar-refractivity contribution in [2.75, 3.05) is 18.8 Å². The normalized spacial score (nSPS) is 30.5. The Morgan fingerprint density at radius 3 is 2.55 bits per heavy atom. The Morgan fingerprint density at radius 1 is 1.55 bits per heavy atom. The molecular formula is C7H16BNOS. The lowest BCUT2D eigenvalue weighted by atomic mass is 9.99. The first kappa shape index (κ1) is 11.3. The Balaban J connectivity index is 0.000000461. The molecule has 2 radical (unpaired) electrons. The van der Waals surface area contributed by atoms with Gasteiger partial charge in [-0.3, -0.25) is 0 Å². The number of thiol groups is 1. The van der Waals surface area contributed by atoms with E-state index in [2.05, 4.69) is 17.9 Å². The Hall–Kier alpha value is 0.335. The summed E-state index contributed by atoms with van der Waals surface area (Å²) < 4.78 is 5.27. The number of hydrogen-bond acceptors (Lipinski definition) is 3. The fraction of sp³-hybridized carbons (Fsp3) is 1.00. The van der Waals surface area contributed by atoms with Gasteiger partial charge >= 0.3 is 0 Å². The smallest absolute Gasteiger partial charge is 0.110 e. The van der Waals surface area contributed by atoms with E-state index in [0.717, 1.165) is 18.8 Å². The number of ether oxygens (including phenoxy) is 1. The van der Waals surface area contributed by atoms with Crippen molar-refractivity contribution in [3.05, 3.63) is 0 Å². The highest BCUT2D eigenvalue weighted by Crippen LogP contribution is 2.01. The zero-order valence-electron chi connectivity index (χ0n) is 7.21. The average Bonchev–Trinajstić information content (AvgIpc) is 2.08. The molecule has 0 aromatic carbocycles. The minimum atomic E-state index is -0.143. The Morgan fingerprint density at radius 2 is 2.18 bits per heavy atom. The van der Waals surface area contributed by atoms with Crippen LogP contribution in [-0.4, -0.2) is 38.8 Å². The molecule has 2 nitrogen and oxygen atoms in total. The van der Waals surface area contributed by atoms with Gasteiger partial charge in [-0.15, -0.1) is 0 Å². The summed E-state index contributed by atoms with van der Waals surface area (Å²) in [7, 11) is 5.48. The molecule has 0 aliphatic carbocycles. The van der Waals surface area contributed by atoms with Gasteiger partial charge in [-0.2, -0.15) is 12.6 Å². The molecule has 64 valence electrons. The molecule has 0 bridgehead atoms. The second-order valence-electron chi connectivity index (χ2n) is 2.14. The molecule has 1 aliphatic rings. The number of nitrogens with one attached hydrogen (secondary N) is 1. The predicted molar refractivity (Wildman–Crippen MR) is 52.5 cm³/mol. The third kappa shape index (κ3) is 4.72. The van der Waals surface area contributed by atoms with Crippen LogP contribution in [0.25, 0.3) is 0 Å². The summed E-state index contributed by atoms with van der Waals surface area (Å²) in [6.07, 6.45) is 0.192. The molecular weight excluding hydrogens is 157 g/mol. The van der Waals surface area contributed by atoms with Crippen LogP contribution in [0.3, 0.4) is 0 Å². The summed E-state index contributed by atoms with van der Waals surface area (Å²) >= 11 is 4.08. The third-order valence-electron chi connectivity index (χ3n) is 1.29. The zero-order valence-corrected chi connectivity index (χ0v) is 8.10. The maximum Gasteiger partial charge on any atom is 0.110 e. The van der Waals surface area contributed by atoms with Gasteiger partial charge in [0, 0.05) is 24.8 Å². The standard InChI is InChI=1S/C5H10BNOS.C2H6/c6-5-2-7-1-4(3-9)8-5;1-2/h4-5,7,9H,1-3H2;1-2H3. The van der Waals surface area contributed by atoms with Gasteiger partial charge in [0.1, 0.15) is 7.85 Å². The lowest BCUT2D eigenvalue weighted by molar-refractivity contribution is 0.0192. The van der Waals surface area contributed by atoms with E-state index in [1.165, 1.54) is 0 Å². The molecule has 2 unspecified atom stereocenters. The van der Waals surface area contributed by atoms with Crippen molar-refractivity contribution in [2.24, 2.45) is 0 Å². The van der Waals surface area contributed by atoms with E-state index >= 15 is 0 Å². The topological polar surface area (TPSA) is 21.3 Å². The summed E-state index contributed by atoms with van der Waals surface area (Å²) in [5.74, 6) is 0.737. The highest BCUT2D eigenvalue weighted by molar-refractivity contribution is 7.80. The second kappa shape index (κ2) is 7.01. The van der Waals surface area contributed by atoms with Crippen molar-refractivity contribution in [1.29, 1.82) is 0 Å². The van der Waals surface area contributed by atoms with E-state index in [1.54, 1.807) is 0 Å². The molecule has 2 atom stereocenters. The number of rotatable bonds is 1. The molecule has 0 amide bonds. The highest BCUT2D eigenvalue weighted by Gasteiger charge is 2.15. The Bertz CT molecular complexity index is 94.5. The van der Waals surface area contributed by atoms with Crippen LogP contribution in [0.1, 0.15) is 13.8 Å². The van der Waals surface area contributed by atoms with E-state index in [-0.39, 0.29) is 12.1 Å². The van der Waals surface area contributed by atoms with Gasteiger partial charge in [-0.05, 0) is 0 Å². The summed E-state index contributed by atoms with van der Waals surface area (Å²) in [6.45, 7) is 5.63. The first-order chi connectivity index (χ1) is 5.33. The van der Waals surface area contributed by atoms with Crippen LogP contribution in [0.15, 0.2) is 0 Å². The van der Waals surface area contributed by atoms with Crippen LogP contribution in [0.4, 0.5) is 0 Å². The summed E-state index contributed by atoms with van der Waals surface area (Å²) in [6, 6.07) is -0.143. The monoisotopic (exact) mass is 173 g/mol. The molecule has 1 saturated heterocycles. The van der Waals surface area contributed by atoms with Crippen LogP contribution in [0.2, 0.25) is 0 Å². The van der Waals surface area contributed by atoms with Crippen molar-refractivity contribution in [2.45, 2.75) is 26.0 Å². The molecule has 1 aliphatic heterocycles. The van der Waals surface area contributed by atoms with Crippen LogP contribution in [0, 0.1) is 0 Å². The number of morpholine rings is 1. The maximum absolute atomic E-state index is 5.48. The van der Waals surface area contributed by atoms with Gasteiger partial charge in [0.15, 0.2) is 0 Å². The lowest BCUT2D eigenvalue weighted by Gasteiger charge is -2.27. The molecule has 0 aromatic rings. The molecule has 1 fully saturated rings. The quantitative estimate of drug-likeness (QED) is 0.443. The second-order valence-corrected chi connectivity index (χ2v) is 2.50. The van der Waals surface area contributed by atoms with Gasteiger partial charge in [0.05, 0.1) is 6.10 Å². The van der Waals surface area contributed by atoms with E-state index in [0.29, 0.717) is 0 Å². The molecule has 1 rings (SSSR count). The van der Waals surface area contributed by atoms with Crippen LogP contribution in [-0.2, 0) is 4.74 Å². The summed E-state index contributed by atoms with van der Waals surface area (Å²) in [5.41, 5.74) is 0. The van der Waals surface area contributed by atoms with Crippen molar-refractivity contribution in [3.8, 4) is 0 Å². The average molecular weight is 173 g/mol. The van der Waals surface area contributed by atoms with Gasteiger partial charge in [0.2, 0.25) is 0 Å². The molecule has 11 heavy (non-hydrogen) atoms. The Kier molecular flexibility index (Phi) is 7.22. The lowest BCUT2D eigenvalue weighted by Crippen LogP contribution is -2.45. The Labute approximate surface area is 75.9 Å². The van der Waals surface area contributed by atoms with E-state index < -0.39 is 0 Å². The molecule has 0 saturated carbocycles. The first-order valence-corrected chi connectivity index (χ1v) is 4.69. The molecule has 0 spiro atoms. The minimum Gasteiger partial charge on any atom is -0.381 e. The molecule has 4 heteroatoms. The fourth-order valence-electron chi connectivity index (χ4n) is 0.838. The van der Waals surface area contributed by atoms with E-state index in [9.17, 15) is 0 Å². The van der Waals surface area contributed by atoms with Crippen LogP contribution in [0.5, 0.6) is 0 Å². The summed E-state index contributed by atoms with van der Waals surface area (Å²) in [5, 5.41) is 3.14. The van der Waals surface area contributed by atoms with Gasteiger partial charge in [0.25, 0.3) is 0 Å². The SMILES string of the molecule is CC.[B]C1CNCC(CS)O1. The van der Waals surface area contributed by atoms with Crippen molar-refractivity contribution < 1.29 is 4.74 Å². The van der Waals surface area contributed by atoms with Crippen LogP contribution >= 0.6 is 12.6 Å². The van der Waals surface area contributed by atoms with E-state index in [1.807, 2.05) is 13.8 Å². The van der Waals surface area contributed by atoms with Gasteiger partial charge in [-0.1, -0.05) is 13.8 Å².